The minimum absolute atomic E-state index is 0.237. The Morgan fingerprint density at radius 3 is 2.75 bits per heavy atom. The Balaban J connectivity index is 2.56. The molecule has 2 rings (SSSR count). The standard InChI is InChI=1S/C11H14N4O/c1-2-9(12)10-13-14-11(16)15(10)8-6-4-3-5-7-8/h3-7,9H,2,12H2,1H3,(H,14,16). The fraction of sp³-hybridized carbons (Fsp3) is 0.273. The van der Waals surface area contributed by atoms with Crippen LogP contribution in [0.1, 0.15) is 25.2 Å². The number of aromatic amines is 1. The van der Waals surface area contributed by atoms with E-state index in [-0.39, 0.29) is 11.7 Å². The molecule has 0 spiro atoms. The Labute approximate surface area is 92.9 Å². The zero-order valence-electron chi connectivity index (χ0n) is 9.05. The molecular weight excluding hydrogens is 204 g/mol. The minimum Gasteiger partial charge on any atom is -0.321 e. The predicted octanol–water partition coefficient (Wildman–Crippen LogP) is 0.970. The van der Waals surface area contributed by atoms with Crippen molar-refractivity contribution in [2.45, 2.75) is 19.4 Å². The smallest absolute Gasteiger partial charge is 0.321 e. The summed E-state index contributed by atoms with van der Waals surface area (Å²) in [6, 6.07) is 9.10. The molecule has 1 unspecified atom stereocenters. The first-order valence-electron chi connectivity index (χ1n) is 5.22. The third-order valence-corrected chi connectivity index (χ3v) is 2.48. The van der Waals surface area contributed by atoms with Gasteiger partial charge in [-0.15, -0.1) is 0 Å². The van der Waals surface area contributed by atoms with Crippen molar-refractivity contribution in [3.63, 3.8) is 0 Å². The molecule has 0 aliphatic carbocycles. The van der Waals surface area contributed by atoms with Crippen LogP contribution in [0.15, 0.2) is 35.1 Å². The van der Waals surface area contributed by atoms with E-state index in [1.54, 1.807) is 0 Å². The number of hydrogen-bond acceptors (Lipinski definition) is 3. The molecule has 0 bridgehead atoms. The molecule has 5 nitrogen and oxygen atoms in total. The highest BCUT2D eigenvalue weighted by Crippen LogP contribution is 2.13. The Kier molecular flexibility index (Phi) is 2.87. The van der Waals surface area contributed by atoms with E-state index in [0.29, 0.717) is 5.82 Å². The second-order valence-corrected chi connectivity index (χ2v) is 3.57. The first-order chi connectivity index (χ1) is 7.74. The van der Waals surface area contributed by atoms with Crippen molar-refractivity contribution in [2.75, 3.05) is 0 Å². The van der Waals surface area contributed by atoms with Crippen molar-refractivity contribution in [1.82, 2.24) is 14.8 Å². The molecule has 5 heteroatoms. The molecule has 1 heterocycles. The van der Waals surface area contributed by atoms with Crippen molar-refractivity contribution >= 4 is 0 Å². The number of H-pyrrole nitrogens is 1. The summed E-state index contributed by atoms with van der Waals surface area (Å²) in [7, 11) is 0. The molecule has 0 radical (unpaired) electrons. The summed E-state index contributed by atoms with van der Waals surface area (Å²) >= 11 is 0. The van der Waals surface area contributed by atoms with Gasteiger partial charge in [-0.05, 0) is 18.6 Å². The summed E-state index contributed by atoms with van der Waals surface area (Å²) in [5.41, 5.74) is 6.42. The largest absolute Gasteiger partial charge is 0.347 e. The molecule has 0 saturated heterocycles. The number of nitrogens with two attached hydrogens (primary N) is 1. The summed E-state index contributed by atoms with van der Waals surface area (Å²) in [5, 5.41) is 6.39. The van der Waals surface area contributed by atoms with Crippen LogP contribution in [0.5, 0.6) is 0 Å². The highest BCUT2D eigenvalue weighted by atomic mass is 16.1. The molecule has 0 aliphatic heterocycles. The number of para-hydroxylation sites is 1. The van der Waals surface area contributed by atoms with Crippen LogP contribution in [-0.2, 0) is 0 Å². The number of nitrogens with zero attached hydrogens (tertiary/aromatic N) is 2. The number of benzene rings is 1. The van der Waals surface area contributed by atoms with Gasteiger partial charge in [0, 0.05) is 0 Å². The van der Waals surface area contributed by atoms with Gasteiger partial charge in [0.15, 0.2) is 5.82 Å². The fourth-order valence-corrected chi connectivity index (χ4v) is 1.57. The lowest BCUT2D eigenvalue weighted by Gasteiger charge is -2.09. The Bertz CT molecular complexity index is 514. The summed E-state index contributed by atoms with van der Waals surface area (Å²) in [6.07, 6.45) is 0.733. The topological polar surface area (TPSA) is 76.7 Å². The SMILES string of the molecule is CCC(N)c1n[nH]c(=O)n1-c1ccccc1. The maximum atomic E-state index is 11.7. The Morgan fingerprint density at radius 2 is 2.12 bits per heavy atom. The van der Waals surface area contributed by atoms with Crippen molar-refractivity contribution in [3.05, 3.63) is 46.6 Å². The van der Waals surface area contributed by atoms with Gasteiger partial charge < -0.3 is 5.73 Å². The molecule has 16 heavy (non-hydrogen) atoms. The second kappa shape index (κ2) is 4.32. The lowest BCUT2D eigenvalue weighted by atomic mass is 10.2. The van der Waals surface area contributed by atoms with E-state index in [1.807, 2.05) is 37.3 Å². The maximum Gasteiger partial charge on any atom is 0.347 e. The molecule has 2 aromatic rings. The van der Waals surface area contributed by atoms with E-state index in [4.69, 9.17) is 5.73 Å². The number of hydrogen-bond donors (Lipinski definition) is 2. The monoisotopic (exact) mass is 218 g/mol. The fourth-order valence-electron chi connectivity index (χ4n) is 1.57. The number of rotatable bonds is 3. The van der Waals surface area contributed by atoms with Crippen LogP contribution in [0.2, 0.25) is 0 Å². The Hall–Kier alpha value is -1.88. The van der Waals surface area contributed by atoms with E-state index in [2.05, 4.69) is 10.2 Å². The van der Waals surface area contributed by atoms with E-state index in [0.717, 1.165) is 12.1 Å². The molecule has 1 atom stereocenters. The van der Waals surface area contributed by atoms with Gasteiger partial charge >= 0.3 is 5.69 Å². The van der Waals surface area contributed by atoms with Crippen LogP contribution in [-0.4, -0.2) is 14.8 Å². The van der Waals surface area contributed by atoms with E-state index < -0.39 is 0 Å². The third kappa shape index (κ3) is 1.77. The van der Waals surface area contributed by atoms with Gasteiger partial charge in [0.2, 0.25) is 0 Å². The van der Waals surface area contributed by atoms with Crippen LogP contribution >= 0.6 is 0 Å². The van der Waals surface area contributed by atoms with Gasteiger partial charge in [0.25, 0.3) is 0 Å². The quantitative estimate of drug-likeness (QED) is 0.805. The molecule has 0 aliphatic rings. The zero-order valence-corrected chi connectivity index (χ0v) is 9.05. The maximum absolute atomic E-state index is 11.7. The summed E-state index contributed by atoms with van der Waals surface area (Å²) < 4.78 is 1.51. The first-order valence-corrected chi connectivity index (χ1v) is 5.22. The van der Waals surface area contributed by atoms with E-state index in [9.17, 15) is 4.79 Å². The number of aromatic nitrogens is 3. The molecule has 0 saturated carbocycles. The van der Waals surface area contributed by atoms with Crippen LogP contribution in [0, 0.1) is 0 Å². The van der Waals surface area contributed by atoms with Crippen molar-refractivity contribution < 1.29 is 0 Å². The molecule has 0 amide bonds. The number of nitrogens with one attached hydrogen (secondary N) is 1. The average Bonchev–Trinajstić information content (AvgIpc) is 2.71. The normalized spacial score (nSPS) is 12.6. The van der Waals surface area contributed by atoms with Gasteiger partial charge in [-0.3, -0.25) is 0 Å². The third-order valence-electron chi connectivity index (χ3n) is 2.48. The molecular formula is C11H14N4O. The van der Waals surface area contributed by atoms with Crippen molar-refractivity contribution in [1.29, 1.82) is 0 Å². The van der Waals surface area contributed by atoms with Crippen LogP contribution in [0.3, 0.4) is 0 Å². The van der Waals surface area contributed by atoms with E-state index in [1.165, 1.54) is 4.57 Å². The van der Waals surface area contributed by atoms with Crippen molar-refractivity contribution in [2.24, 2.45) is 5.73 Å². The molecule has 84 valence electrons. The predicted molar refractivity (Wildman–Crippen MR) is 61.4 cm³/mol. The van der Waals surface area contributed by atoms with Gasteiger partial charge in [-0.1, -0.05) is 25.1 Å². The van der Waals surface area contributed by atoms with Crippen LogP contribution in [0.25, 0.3) is 5.69 Å². The lowest BCUT2D eigenvalue weighted by Crippen LogP contribution is -2.21. The minimum atomic E-state index is -0.259. The summed E-state index contributed by atoms with van der Waals surface area (Å²) in [4.78, 5) is 11.7. The Morgan fingerprint density at radius 1 is 1.44 bits per heavy atom. The molecule has 1 aromatic heterocycles. The second-order valence-electron chi connectivity index (χ2n) is 3.57. The van der Waals surface area contributed by atoms with Gasteiger partial charge in [-0.25, -0.2) is 14.5 Å². The first kappa shape index (κ1) is 10.6. The molecule has 3 N–H and O–H groups in total. The molecule has 1 aromatic carbocycles. The highest BCUT2D eigenvalue weighted by Gasteiger charge is 2.15. The van der Waals surface area contributed by atoms with Gasteiger partial charge in [0.05, 0.1) is 11.7 Å². The van der Waals surface area contributed by atoms with Gasteiger partial charge in [-0.2, -0.15) is 5.10 Å². The lowest BCUT2D eigenvalue weighted by molar-refractivity contribution is 0.631. The van der Waals surface area contributed by atoms with Crippen LogP contribution < -0.4 is 11.4 Å². The molecule has 0 fully saturated rings. The summed E-state index contributed by atoms with van der Waals surface area (Å²) in [6.45, 7) is 1.96. The van der Waals surface area contributed by atoms with E-state index >= 15 is 0 Å². The van der Waals surface area contributed by atoms with Gasteiger partial charge in [0.1, 0.15) is 0 Å². The van der Waals surface area contributed by atoms with Crippen LogP contribution in [0.4, 0.5) is 0 Å². The van der Waals surface area contributed by atoms with Crippen molar-refractivity contribution in [3.8, 4) is 5.69 Å². The zero-order chi connectivity index (χ0) is 11.5. The highest BCUT2D eigenvalue weighted by molar-refractivity contribution is 5.32. The average molecular weight is 218 g/mol. The summed E-state index contributed by atoms with van der Waals surface area (Å²) in [5.74, 6) is 0.568.